The zero-order valence-electron chi connectivity index (χ0n) is 10.6. The van der Waals surface area contributed by atoms with E-state index >= 15 is 0 Å². The Morgan fingerprint density at radius 3 is 2.05 bits per heavy atom. The number of benzene rings is 1. The highest BCUT2D eigenvalue weighted by atomic mass is 35.5. The highest BCUT2D eigenvalue weighted by Gasteiger charge is 2.30. The molecule has 0 spiro atoms. The Morgan fingerprint density at radius 2 is 1.68 bits per heavy atom. The molecular formula is C12H17ClF3NOS. The van der Waals surface area contributed by atoms with Crippen molar-refractivity contribution >= 4 is 24.2 Å². The quantitative estimate of drug-likeness (QED) is 0.832. The molecule has 1 aromatic rings. The minimum Gasteiger partial charge on any atom is -0.396 e. The van der Waals surface area contributed by atoms with Gasteiger partial charge in [-0.1, -0.05) is 26.0 Å². The molecule has 0 saturated carbocycles. The van der Waals surface area contributed by atoms with Crippen molar-refractivity contribution in [3.05, 3.63) is 29.8 Å². The summed E-state index contributed by atoms with van der Waals surface area (Å²) in [6.07, 6.45) is 0. The van der Waals surface area contributed by atoms with E-state index in [1.807, 2.05) is 0 Å². The molecule has 0 unspecified atom stereocenters. The van der Waals surface area contributed by atoms with Crippen molar-refractivity contribution in [2.75, 3.05) is 6.61 Å². The Morgan fingerprint density at radius 1 is 1.21 bits per heavy atom. The highest BCUT2D eigenvalue weighted by molar-refractivity contribution is 8.00. The molecule has 110 valence electrons. The van der Waals surface area contributed by atoms with Gasteiger partial charge < -0.3 is 10.8 Å². The first-order valence-electron chi connectivity index (χ1n) is 5.38. The van der Waals surface area contributed by atoms with Crippen LogP contribution < -0.4 is 5.73 Å². The van der Waals surface area contributed by atoms with Crippen molar-refractivity contribution in [2.24, 2.45) is 11.1 Å². The smallest absolute Gasteiger partial charge is 0.396 e. The van der Waals surface area contributed by atoms with Crippen LogP contribution in [-0.4, -0.2) is 17.2 Å². The average Bonchev–Trinajstić information content (AvgIpc) is 2.27. The van der Waals surface area contributed by atoms with Gasteiger partial charge in [0.15, 0.2) is 0 Å². The lowest BCUT2D eigenvalue weighted by atomic mass is 9.82. The second-order valence-electron chi connectivity index (χ2n) is 4.74. The van der Waals surface area contributed by atoms with Gasteiger partial charge in [-0.3, -0.25) is 0 Å². The fourth-order valence-electron chi connectivity index (χ4n) is 1.43. The maximum absolute atomic E-state index is 12.1. The number of hydrogen-bond donors (Lipinski definition) is 2. The van der Waals surface area contributed by atoms with Crippen molar-refractivity contribution in [2.45, 2.75) is 30.3 Å². The molecule has 0 aliphatic heterocycles. The van der Waals surface area contributed by atoms with E-state index in [-0.39, 0.29) is 35.7 Å². The van der Waals surface area contributed by atoms with Gasteiger partial charge in [-0.2, -0.15) is 13.2 Å². The Kier molecular flexibility index (Phi) is 6.68. The fourth-order valence-corrected chi connectivity index (χ4v) is 1.97. The summed E-state index contributed by atoms with van der Waals surface area (Å²) in [5.74, 6) is 0. The number of rotatable bonds is 4. The zero-order valence-corrected chi connectivity index (χ0v) is 12.2. The van der Waals surface area contributed by atoms with Crippen molar-refractivity contribution < 1.29 is 18.3 Å². The van der Waals surface area contributed by atoms with Gasteiger partial charge in [-0.05, 0) is 29.5 Å². The number of aliphatic hydroxyl groups is 1. The summed E-state index contributed by atoms with van der Waals surface area (Å²) in [6, 6.07) is 5.49. The zero-order chi connectivity index (χ0) is 14.0. The average molecular weight is 316 g/mol. The van der Waals surface area contributed by atoms with E-state index in [4.69, 9.17) is 5.73 Å². The molecule has 0 aromatic heterocycles. The molecule has 7 heteroatoms. The molecule has 1 atom stereocenters. The van der Waals surface area contributed by atoms with Crippen LogP contribution >= 0.6 is 24.2 Å². The summed E-state index contributed by atoms with van der Waals surface area (Å²) in [6.45, 7) is 3.51. The van der Waals surface area contributed by atoms with Crippen molar-refractivity contribution in [1.82, 2.24) is 0 Å². The number of nitrogens with two attached hydrogens (primary N) is 1. The molecule has 0 amide bonds. The monoisotopic (exact) mass is 315 g/mol. The largest absolute Gasteiger partial charge is 0.446 e. The summed E-state index contributed by atoms with van der Waals surface area (Å²) >= 11 is -0.156. The number of thioether (sulfide) groups is 1. The van der Waals surface area contributed by atoms with Gasteiger partial charge in [0.05, 0.1) is 0 Å². The maximum atomic E-state index is 12.1. The molecule has 0 heterocycles. The number of halogens is 4. The summed E-state index contributed by atoms with van der Waals surface area (Å²) in [4.78, 5) is 0.125. The normalized spacial score (nSPS) is 13.8. The van der Waals surface area contributed by atoms with Crippen LogP contribution in [0.4, 0.5) is 13.2 Å². The molecule has 0 radical (unpaired) electrons. The van der Waals surface area contributed by atoms with E-state index in [0.29, 0.717) is 5.56 Å². The first-order chi connectivity index (χ1) is 8.15. The van der Waals surface area contributed by atoms with Crippen molar-refractivity contribution in [3.63, 3.8) is 0 Å². The van der Waals surface area contributed by atoms with E-state index in [0.717, 1.165) is 0 Å². The van der Waals surface area contributed by atoms with Gasteiger partial charge in [0.25, 0.3) is 0 Å². The standard InChI is InChI=1S/C12H16F3NOS.ClH/c1-11(2,7-17)10(16)8-3-5-9(6-4-8)18-12(13,14)15;/h3-6,10,17H,7,16H2,1-2H3;1H/t10-;/m1./s1. The first-order valence-corrected chi connectivity index (χ1v) is 6.19. The fraction of sp³-hybridized carbons (Fsp3) is 0.500. The molecule has 1 aromatic carbocycles. The third-order valence-corrected chi connectivity index (χ3v) is 3.46. The van der Waals surface area contributed by atoms with Crippen LogP contribution in [0.1, 0.15) is 25.5 Å². The predicted octanol–water partition coefficient (Wildman–Crippen LogP) is 3.74. The van der Waals surface area contributed by atoms with Crippen LogP contribution in [0, 0.1) is 5.41 Å². The van der Waals surface area contributed by atoms with E-state index < -0.39 is 17.0 Å². The van der Waals surface area contributed by atoms with Crippen LogP contribution in [0.15, 0.2) is 29.2 Å². The van der Waals surface area contributed by atoms with Gasteiger partial charge in [0, 0.05) is 23.0 Å². The number of hydrogen-bond acceptors (Lipinski definition) is 3. The first kappa shape index (κ1) is 18.6. The van der Waals surface area contributed by atoms with E-state index in [2.05, 4.69) is 0 Å². The van der Waals surface area contributed by atoms with Gasteiger partial charge >= 0.3 is 5.51 Å². The molecular weight excluding hydrogens is 299 g/mol. The van der Waals surface area contributed by atoms with E-state index in [1.54, 1.807) is 26.0 Å². The summed E-state index contributed by atoms with van der Waals surface area (Å²) in [7, 11) is 0. The minimum atomic E-state index is -4.28. The Balaban J connectivity index is 0.00000324. The molecule has 1 rings (SSSR count). The number of aliphatic hydroxyl groups excluding tert-OH is 1. The molecule has 0 aliphatic rings. The lowest BCUT2D eigenvalue weighted by Gasteiger charge is -2.29. The van der Waals surface area contributed by atoms with Gasteiger partial charge in [0.1, 0.15) is 0 Å². The van der Waals surface area contributed by atoms with Crippen LogP contribution in [0.2, 0.25) is 0 Å². The SMILES string of the molecule is CC(C)(CO)[C@H](N)c1ccc(SC(F)(F)F)cc1.Cl. The summed E-state index contributed by atoms with van der Waals surface area (Å²) in [5.41, 5.74) is 1.88. The molecule has 19 heavy (non-hydrogen) atoms. The van der Waals surface area contributed by atoms with Crippen molar-refractivity contribution in [3.8, 4) is 0 Å². The van der Waals surface area contributed by atoms with Crippen LogP contribution in [0.5, 0.6) is 0 Å². The van der Waals surface area contributed by atoms with Gasteiger partial charge in [0.2, 0.25) is 0 Å². The Labute approximate surface area is 121 Å². The lowest BCUT2D eigenvalue weighted by molar-refractivity contribution is -0.0328. The lowest BCUT2D eigenvalue weighted by Crippen LogP contribution is -2.32. The highest BCUT2D eigenvalue weighted by Crippen LogP contribution is 2.38. The second kappa shape index (κ2) is 6.83. The molecule has 2 nitrogen and oxygen atoms in total. The molecule has 0 aliphatic carbocycles. The molecule has 0 bridgehead atoms. The summed E-state index contributed by atoms with van der Waals surface area (Å²) in [5, 5.41) is 9.20. The van der Waals surface area contributed by atoms with E-state index in [9.17, 15) is 18.3 Å². The summed E-state index contributed by atoms with van der Waals surface area (Å²) < 4.78 is 36.4. The Hall–Kier alpha value is -0.430. The van der Waals surface area contributed by atoms with Crippen LogP contribution in [-0.2, 0) is 0 Å². The third-order valence-electron chi connectivity index (χ3n) is 2.72. The molecule has 3 N–H and O–H groups in total. The topological polar surface area (TPSA) is 46.2 Å². The molecule has 0 fully saturated rings. The maximum Gasteiger partial charge on any atom is 0.446 e. The predicted molar refractivity (Wildman–Crippen MR) is 73.4 cm³/mol. The van der Waals surface area contributed by atoms with Gasteiger partial charge in [-0.15, -0.1) is 12.4 Å². The van der Waals surface area contributed by atoms with Crippen LogP contribution in [0.3, 0.4) is 0 Å². The Bertz CT molecular complexity index is 395. The van der Waals surface area contributed by atoms with E-state index in [1.165, 1.54) is 12.1 Å². The number of alkyl halides is 3. The second-order valence-corrected chi connectivity index (χ2v) is 5.88. The molecule has 0 saturated heterocycles. The third kappa shape index (κ3) is 5.60. The minimum absolute atomic E-state index is 0. The van der Waals surface area contributed by atoms with Crippen molar-refractivity contribution in [1.29, 1.82) is 0 Å². The van der Waals surface area contributed by atoms with Crippen LogP contribution in [0.25, 0.3) is 0 Å². The van der Waals surface area contributed by atoms with Gasteiger partial charge in [-0.25, -0.2) is 0 Å².